The molecule has 21 heavy (non-hydrogen) atoms. The number of hydrogen-bond acceptors (Lipinski definition) is 4. The quantitative estimate of drug-likeness (QED) is 0.851. The summed E-state index contributed by atoms with van der Waals surface area (Å²) in [4.78, 5) is 6.15. The Labute approximate surface area is 130 Å². The standard InChI is InChI=1S/C15H21ClN4O/c1-19(2)8-9-20-15(13(16)11-18-20)14(21)6-5-12-4-3-7-17-10-12/h3-4,7,10-11,14,21H,5-6,8-9H2,1-2H3. The van der Waals surface area contributed by atoms with Crippen molar-refractivity contribution in [1.29, 1.82) is 0 Å². The molecule has 0 aliphatic rings. The highest BCUT2D eigenvalue weighted by molar-refractivity contribution is 6.31. The molecule has 0 saturated carbocycles. The van der Waals surface area contributed by atoms with E-state index >= 15 is 0 Å². The van der Waals surface area contributed by atoms with Crippen molar-refractivity contribution in [3.63, 3.8) is 0 Å². The average molecular weight is 309 g/mol. The summed E-state index contributed by atoms with van der Waals surface area (Å²) in [6.45, 7) is 1.55. The Balaban J connectivity index is 2.01. The van der Waals surface area contributed by atoms with Gasteiger partial charge in [-0.05, 0) is 38.6 Å². The first-order valence-electron chi connectivity index (χ1n) is 7.01. The van der Waals surface area contributed by atoms with Crippen molar-refractivity contribution in [2.75, 3.05) is 20.6 Å². The first-order valence-corrected chi connectivity index (χ1v) is 7.38. The van der Waals surface area contributed by atoms with Gasteiger partial charge in [-0.3, -0.25) is 9.67 Å². The van der Waals surface area contributed by atoms with Crippen molar-refractivity contribution in [2.24, 2.45) is 0 Å². The molecule has 1 N–H and O–H groups in total. The van der Waals surface area contributed by atoms with E-state index < -0.39 is 6.10 Å². The van der Waals surface area contributed by atoms with Gasteiger partial charge in [-0.25, -0.2) is 0 Å². The summed E-state index contributed by atoms with van der Waals surface area (Å²) >= 11 is 6.17. The zero-order valence-corrected chi connectivity index (χ0v) is 13.2. The van der Waals surface area contributed by atoms with Crippen LogP contribution in [0.3, 0.4) is 0 Å². The molecule has 0 radical (unpaired) electrons. The van der Waals surface area contributed by atoms with Gasteiger partial charge in [0, 0.05) is 18.9 Å². The molecule has 0 amide bonds. The molecule has 0 spiro atoms. The first-order chi connectivity index (χ1) is 10.1. The molecule has 2 rings (SSSR count). The minimum atomic E-state index is -0.623. The van der Waals surface area contributed by atoms with Gasteiger partial charge in [-0.1, -0.05) is 17.7 Å². The summed E-state index contributed by atoms with van der Waals surface area (Å²) in [5.74, 6) is 0. The van der Waals surface area contributed by atoms with E-state index in [9.17, 15) is 5.11 Å². The number of likely N-dealkylation sites (N-methyl/N-ethyl adjacent to an activating group) is 1. The van der Waals surface area contributed by atoms with Crippen molar-refractivity contribution in [3.05, 3.63) is 47.0 Å². The molecule has 1 unspecified atom stereocenters. The van der Waals surface area contributed by atoms with E-state index in [1.165, 1.54) is 0 Å². The number of hydrogen-bond donors (Lipinski definition) is 1. The summed E-state index contributed by atoms with van der Waals surface area (Å²) < 4.78 is 1.79. The number of halogens is 1. The van der Waals surface area contributed by atoms with Crippen LogP contribution in [-0.4, -0.2) is 45.4 Å². The Hall–Kier alpha value is -1.43. The number of aliphatic hydroxyl groups excluding tert-OH is 1. The van der Waals surface area contributed by atoms with Gasteiger partial charge in [0.1, 0.15) is 0 Å². The van der Waals surface area contributed by atoms with Crippen LogP contribution in [0, 0.1) is 0 Å². The fraction of sp³-hybridized carbons (Fsp3) is 0.467. The first kappa shape index (κ1) is 15.9. The maximum absolute atomic E-state index is 10.4. The van der Waals surface area contributed by atoms with Crippen LogP contribution >= 0.6 is 11.6 Å². The number of aromatic nitrogens is 3. The van der Waals surface area contributed by atoms with E-state index in [2.05, 4.69) is 15.0 Å². The monoisotopic (exact) mass is 308 g/mol. The predicted octanol–water partition coefficient (Wildman–Crippen LogP) is 2.16. The lowest BCUT2D eigenvalue weighted by atomic mass is 10.1. The van der Waals surface area contributed by atoms with Crippen LogP contribution in [0.25, 0.3) is 0 Å². The van der Waals surface area contributed by atoms with E-state index in [0.29, 0.717) is 23.7 Å². The van der Waals surface area contributed by atoms with E-state index in [1.54, 1.807) is 17.1 Å². The molecule has 2 aromatic heterocycles. The summed E-state index contributed by atoms with van der Waals surface area (Å²) in [6.07, 6.45) is 5.89. The third-order valence-corrected chi connectivity index (χ3v) is 3.63. The normalized spacial score (nSPS) is 12.8. The molecule has 0 aliphatic heterocycles. The molecule has 0 fully saturated rings. The second kappa shape index (κ2) is 7.54. The number of rotatable bonds is 7. The molecule has 6 heteroatoms. The zero-order valence-electron chi connectivity index (χ0n) is 12.4. The van der Waals surface area contributed by atoms with Crippen molar-refractivity contribution in [1.82, 2.24) is 19.7 Å². The van der Waals surface area contributed by atoms with Crippen LogP contribution in [0.15, 0.2) is 30.7 Å². The van der Waals surface area contributed by atoms with Gasteiger partial charge >= 0.3 is 0 Å². The highest BCUT2D eigenvalue weighted by Crippen LogP contribution is 2.26. The summed E-state index contributed by atoms with van der Waals surface area (Å²) in [7, 11) is 4.01. The highest BCUT2D eigenvalue weighted by Gasteiger charge is 2.18. The molecular weight excluding hydrogens is 288 g/mol. The van der Waals surface area contributed by atoms with Crippen LogP contribution in [0.2, 0.25) is 5.02 Å². The van der Waals surface area contributed by atoms with Crippen LogP contribution in [0.5, 0.6) is 0 Å². The number of nitrogens with zero attached hydrogens (tertiary/aromatic N) is 4. The maximum atomic E-state index is 10.4. The lowest BCUT2D eigenvalue weighted by Gasteiger charge is -2.16. The average Bonchev–Trinajstić information content (AvgIpc) is 2.85. The number of pyridine rings is 1. The van der Waals surface area contributed by atoms with Gasteiger partial charge in [0.2, 0.25) is 0 Å². The lowest BCUT2D eigenvalue weighted by Crippen LogP contribution is -2.21. The van der Waals surface area contributed by atoms with Crippen molar-refractivity contribution in [3.8, 4) is 0 Å². The third kappa shape index (κ3) is 4.52. The Morgan fingerprint density at radius 3 is 2.86 bits per heavy atom. The molecule has 0 bridgehead atoms. The molecule has 2 heterocycles. The van der Waals surface area contributed by atoms with Crippen LogP contribution in [0.4, 0.5) is 0 Å². The molecular formula is C15H21ClN4O. The van der Waals surface area contributed by atoms with Gasteiger partial charge < -0.3 is 10.0 Å². The summed E-state index contributed by atoms with van der Waals surface area (Å²) in [5, 5.41) is 15.2. The van der Waals surface area contributed by atoms with Crippen molar-refractivity contribution < 1.29 is 5.11 Å². The van der Waals surface area contributed by atoms with Crippen molar-refractivity contribution in [2.45, 2.75) is 25.5 Å². The molecule has 114 valence electrons. The Bertz CT molecular complexity index is 556. The number of aliphatic hydroxyl groups is 1. The Morgan fingerprint density at radius 1 is 1.38 bits per heavy atom. The van der Waals surface area contributed by atoms with Crippen LogP contribution < -0.4 is 0 Å². The van der Waals surface area contributed by atoms with Gasteiger partial charge in [-0.2, -0.15) is 5.10 Å². The Morgan fingerprint density at radius 2 is 2.19 bits per heavy atom. The largest absolute Gasteiger partial charge is 0.387 e. The minimum Gasteiger partial charge on any atom is -0.387 e. The Kier molecular flexibility index (Phi) is 5.73. The molecule has 1 atom stereocenters. The molecule has 0 aromatic carbocycles. The predicted molar refractivity (Wildman–Crippen MR) is 83.3 cm³/mol. The topological polar surface area (TPSA) is 54.2 Å². The van der Waals surface area contributed by atoms with Gasteiger partial charge in [0.15, 0.2) is 0 Å². The maximum Gasteiger partial charge on any atom is 0.0975 e. The van der Waals surface area contributed by atoms with E-state index in [4.69, 9.17) is 11.6 Å². The smallest absolute Gasteiger partial charge is 0.0975 e. The van der Waals surface area contributed by atoms with Crippen molar-refractivity contribution >= 4 is 11.6 Å². The van der Waals surface area contributed by atoms with E-state index in [0.717, 1.165) is 18.5 Å². The zero-order chi connectivity index (χ0) is 15.2. The second-order valence-electron chi connectivity index (χ2n) is 5.32. The fourth-order valence-electron chi connectivity index (χ4n) is 2.16. The minimum absolute atomic E-state index is 0.521. The molecule has 0 saturated heterocycles. The second-order valence-corrected chi connectivity index (χ2v) is 5.73. The molecule has 2 aromatic rings. The van der Waals surface area contributed by atoms with E-state index in [-0.39, 0.29) is 0 Å². The molecule has 5 nitrogen and oxygen atoms in total. The SMILES string of the molecule is CN(C)CCn1ncc(Cl)c1C(O)CCc1cccnc1. The van der Waals surface area contributed by atoms with Gasteiger partial charge in [-0.15, -0.1) is 0 Å². The fourth-order valence-corrected chi connectivity index (χ4v) is 2.43. The van der Waals surface area contributed by atoms with Crippen LogP contribution in [-0.2, 0) is 13.0 Å². The lowest BCUT2D eigenvalue weighted by molar-refractivity contribution is 0.155. The van der Waals surface area contributed by atoms with E-state index in [1.807, 2.05) is 32.4 Å². The highest BCUT2D eigenvalue weighted by atomic mass is 35.5. The number of aryl methyl sites for hydroxylation is 1. The summed E-state index contributed by atoms with van der Waals surface area (Å²) in [6, 6.07) is 3.90. The van der Waals surface area contributed by atoms with Gasteiger partial charge in [0.05, 0.1) is 29.6 Å². The molecule has 0 aliphatic carbocycles. The third-order valence-electron chi connectivity index (χ3n) is 3.34. The van der Waals surface area contributed by atoms with Crippen LogP contribution in [0.1, 0.15) is 23.8 Å². The summed E-state index contributed by atoms with van der Waals surface area (Å²) in [5.41, 5.74) is 1.80. The van der Waals surface area contributed by atoms with Gasteiger partial charge in [0.25, 0.3) is 0 Å².